The molecule has 1 fully saturated rings. The van der Waals surface area contributed by atoms with Crippen molar-refractivity contribution in [3.8, 4) is 11.5 Å². The third-order valence-electron chi connectivity index (χ3n) is 4.84. The van der Waals surface area contributed by atoms with E-state index in [0.717, 1.165) is 28.2 Å². The lowest BCUT2D eigenvalue weighted by Crippen LogP contribution is -2.03. The molecule has 3 heterocycles. The third-order valence-corrected chi connectivity index (χ3v) is 4.84. The van der Waals surface area contributed by atoms with Gasteiger partial charge in [-0.15, -0.1) is 0 Å². The molecule has 0 aliphatic carbocycles. The number of esters is 1. The summed E-state index contributed by atoms with van der Waals surface area (Å²) in [5.74, 6) is 1.79. The van der Waals surface area contributed by atoms with Gasteiger partial charge >= 0.3 is 5.97 Å². The summed E-state index contributed by atoms with van der Waals surface area (Å²) in [6.07, 6.45) is 5.25. The normalized spacial score (nSPS) is 19.5. The SMILES string of the molecule is CCOC(=O)/C=C/CCC(CC1OCc2cc3c(cc21)OCO3)=C1OCCO1. The molecule has 0 N–H and O–H groups in total. The fourth-order valence-electron chi connectivity index (χ4n) is 3.53. The maximum absolute atomic E-state index is 11.4. The average Bonchev–Trinajstić information content (AvgIpc) is 3.43. The molecule has 3 aliphatic rings. The molecule has 150 valence electrons. The molecule has 1 unspecified atom stereocenters. The summed E-state index contributed by atoms with van der Waals surface area (Å²) in [5, 5.41) is 0. The molecule has 7 nitrogen and oxygen atoms in total. The molecule has 0 spiro atoms. The number of benzene rings is 1. The molecule has 1 saturated heterocycles. The van der Waals surface area contributed by atoms with Gasteiger partial charge in [-0.3, -0.25) is 0 Å². The van der Waals surface area contributed by atoms with Gasteiger partial charge in [0.05, 0.1) is 19.3 Å². The van der Waals surface area contributed by atoms with Gasteiger partial charge in [0.15, 0.2) is 11.5 Å². The van der Waals surface area contributed by atoms with Crippen LogP contribution in [0.4, 0.5) is 0 Å². The first-order valence-corrected chi connectivity index (χ1v) is 9.59. The van der Waals surface area contributed by atoms with Crippen molar-refractivity contribution < 1.29 is 33.2 Å². The number of rotatable bonds is 7. The molecular formula is C21H24O7. The second-order valence-corrected chi connectivity index (χ2v) is 6.69. The Morgan fingerprint density at radius 3 is 2.75 bits per heavy atom. The van der Waals surface area contributed by atoms with Crippen LogP contribution in [0.25, 0.3) is 0 Å². The second-order valence-electron chi connectivity index (χ2n) is 6.69. The van der Waals surface area contributed by atoms with Crippen LogP contribution in [0.2, 0.25) is 0 Å². The van der Waals surface area contributed by atoms with E-state index in [1.165, 1.54) is 6.08 Å². The fourth-order valence-corrected chi connectivity index (χ4v) is 3.53. The Balaban J connectivity index is 1.45. The number of hydrogen-bond donors (Lipinski definition) is 0. The predicted molar refractivity (Wildman–Crippen MR) is 98.6 cm³/mol. The molecule has 0 saturated carbocycles. The minimum absolute atomic E-state index is 0.0890. The zero-order chi connectivity index (χ0) is 19.3. The summed E-state index contributed by atoms with van der Waals surface area (Å²) in [6, 6.07) is 4.00. The molecular weight excluding hydrogens is 364 g/mol. The molecule has 0 aromatic heterocycles. The van der Waals surface area contributed by atoms with Crippen LogP contribution in [0.5, 0.6) is 11.5 Å². The Labute approximate surface area is 163 Å². The first-order valence-electron chi connectivity index (χ1n) is 9.59. The topological polar surface area (TPSA) is 72.5 Å². The Morgan fingerprint density at radius 2 is 1.96 bits per heavy atom. The van der Waals surface area contributed by atoms with Gasteiger partial charge in [-0.2, -0.15) is 0 Å². The van der Waals surface area contributed by atoms with Crippen LogP contribution in [0.3, 0.4) is 0 Å². The second kappa shape index (κ2) is 8.56. The number of carbonyl (C=O) groups is 1. The zero-order valence-corrected chi connectivity index (χ0v) is 15.9. The highest BCUT2D eigenvalue weighted by Crippen LogP contribution is 2.44. The lowest BCUT2D eigenvalue weighted by molar-refractivity contribution is -0.137. The van der Waals surface area contributed by atoms with Crippen molar-refractivity contribution in [1.82, 2.24) is 0 Å². The van der Waals surface area contributed by atoms with E-state index in [9.17, 15) is 4.79 Å². The zero-order valence-electron chi connectivity index (χ0n) is 15.9. The summed E-state index contributed by atoms with van der Waals surface area (Å²) in [6.45, 7) is 4.07. The first-order chi connectivity index (χ1) is 13.7. The summed E-state index contributed by atoms with van der Waals surface area (Å²) >= 11 is 0. The van der Waals surface area contributed by atoms with Crippen molar-refractivity contribution in [3.05, 3.63) is 46.9 Å². The van der Waals surface area contributed by atoms with Gasteiger partial charge in [0, 0.05) is 18.1 Å². The minimum Gasteiger partial charge on any atom is -0.463 e. The Kier molecular flexibility index (Phi) is 5.71. The van der Waals surface area contributed by atoms with E-state index in [2.05, 4.69) is 0 Å². The summed E-state index contributed by atoms with van der Waals surface area (Å²) in [4.78, 5) is 11.4. The Morgan fingerprint density at radius 1 is 1.18 bits per heavy atom. The van der Waals surface area contributed by atoms with E-state index in [4.69, 9.17) is 28.4 Å². The van der Waals surface area contributed by atoms with Crippen LogP contribution in [-0.2, 0) is 30.3 Å². The standard InChI is InChI=1S/C21H24O7/c1-2-23-20(22)6-4-3-5-14(21-24-7-8-25-21)9-17-16-11-19-18(27-13-28-19)10-15(16)12-26-17/h4,6,10-11,17H,2-3,5,7-9,12-13H2,1H3/b6-4+. The molecule has 0 bridgehead atoms. The van der Waals surface area contributed by atoms with Crippen LogP contribution in [0.1, 0.15) is 43.4 Å². The highest BCUT2D eigenvalue weighted by atomic mass is 16.7. The molecule has 28 heavy (non-hydrogen) atoms. The van der Waals surface area contributed by atoms with Crippen molar-refractivity contribution >= 4 is 5.97 Å². The van der Waals surface area contributed by atoms with Gasteiger partial charge in [-0.1, -0.05) is 6.08 Å². The maximum atomic E-state index is 11.4. The number of carbonyl (C=O) groups excluding carboxylic acids is 1. The molecule has 3 aliphatic heterocycles. The van der Waals surface area contributed by atoms with E-state index in [1.807, 2.05) is 18.2 Å². The summed E-state index contributed by atoms with van der Waals surface area (Å²) < 4.78 is 33.2. The van der Waals surface area contributed by atoms with Gasteiger partial charge in [0.2, 0.25) is 6.79 Å². The molecule has 7 heteroatoms. The lowest BCUT2D eigenvalue weighted by Gasteiger charge is -2.15. The van der Waals surface area contributed by atoms with Crippen molar-refractivity contribution in [2.24, 2.45) is 0 Å². The van der Waals surface area contributed by atoms with E-state index >= 15 is 0 Å². The Hall–Kier alpha value is -2.67. The van der Waals surface area contributed by atoms with E-state index < -0.39 is 0 Å². The molecule has 0 radical (unpaired) electrons. The molecule has 1 aromatic rings. The number of allylic oxidation sites excluding steroid dienone is 1. The van der Waals surface area contributed by atoms with Gasteiger partial charge in [0.25, 0.3) is 5.95 Å². The molecule has 4 rings (SSSR count). The molecule has 1 atom stereocenters. The highest BCUT2D eigenvalue weighted by Gasteiger charge is 2.30. The maximum Gasteiger partial charge on any atom is 0.330 e. The highest BCUT2D eigenvalue weighted by molar-refractivity contribution is 5.81. The fraction of sp³-hybridized carbons (Fsp3) is 0.476. The van der Waals surface area contributed by atoms with Crippen LogP contribution in [-0.4, -0.2) is 32.6 Å². The van der Waals surface area contributed by atoms with Crippen molar-refractivity contribution in [2.45, 2.75) is 38.9 Å². The number of hydrogen-bond acceptors (Lipinski definition) is 7. The van der Waals surface area contributed by atoms with Crippen LogP contribution in [0, 0.1) is 0 Å². The number of fused-ring (bicyclic) bond motifs is 2. The monoisotopic (exact) mass is 388 g/mol. The van der Waals surface area contributed by atoms with Gasteiger partial charge < -0.3 is 28.4 Å². The smallest absolute Gasteiger partial charge is 0.330 e. The largest absolute Gasteiger partial charge is 0.463 e. The van der Waals surface area contributed by atoms with Crippen LogP contribution < -0.4 is 9.47 Å². The van der Waals surface area contributed by atoms with Gasteiger partial charge in [-0.05, 0) is 43.0 Å². The van der Waals surface area contributed by atoms with Crippen LogP contribution >= 0.6 is 0 Å². The number of ether oxygens (including phenoxy) is 6. The molecule has 0 amide bonds. The van der Waals surface area contributed by atoms with E-state index in [-0.39, 0.29) is 18.9 Å². The Bertz CT molecular complexity index is 788. The predicted octanol–water partition coefficient (Wildman–Crippen LogP) is 3.53. The lowest BCUT2D eigenvalue weighted by atomic mass is 9.97. The van der Waals surface area contributed by atoms with Crippen molar-refractivity contribution in [3.63, 3.8) is 0 Å². The quantitative estimate of drug-likeness (QED) is 0.523. The van der Waals surface area contributed by atoms with Crippen LogP contribution in [0.15, 0.2) is 35.8 Å². The van der Waals surface area contributed by atoms with E-state index in [1.54, 1.807) is 6.92 Å². The van der Waals surface area contributed by atoms with Gasteiger partial charge in [-0.25, -0.2) is 4.79 Å². The van der Waals surface area contributed by atoms with E-state index in [0.29, 0.717) is 51.6 Å². The van der Waals surface area contributed by atoms with Gasteiger partial charge in [0.1, 0.15) is 13.2 Å². The summed E-state index contributed by atoms with van der Waals surface area (Å²) in [7, 11) is 0. The third kappa shape index (κ3) is 4.09. The summed E-state index contributed by atoms with van der Waals surface area (Å²) in [5.41, 5.74) is 3.28. The van der Waals surface area contributed by atoms with Crippen molar-refractivity contribution in [2.75, 3.05) is 26.6 Å². The first kappa shape index (κ1) is 18.7. The minimum atomic E-state index is -0.325. The average molecular weight is 388 g/mol. The molecule has 1 aromatic carbocycles. The van der Waals surface area contributed by atoms with Crippen molar-refractivity contribution in [1.29, 1.82) is 0 Å².